The lowest BCUT2D eigenvalue weighted by atomic mass is 9.92. The minimum atomic E-state index is -0.942. The number of carbonyl (C=O) groups excluding carboxylic acids is 3. The van der Waals surface area contributed by atoms with Gasteiger partial charge in [0.05, 0.1) is 18.0 Å². The van der Waals surface area contributed by atoms with Gasteiger partial charge in [-0.25, -0.2) is 9.29 Å². The number of amides is 3. The quantitative estimate of drug-likeness (QED) is 0.435. The molecule has 0 aromatic heterocycles. The number of hydrogen-bond acceptors (Lipinski definition) is 4. The van der Waals surface area contributed by atoms with Crippen molar-refractivity contribution in [2.24, 2.45) is 5.92 Å². The zero-order chi connectivity index (χ0) is 26.7. The molecule has 3 aromatic rings. The first kappa shape index (κ1) is 26.1. The van der Waals surface area contributed by atoms with E-state index in [0.29, 0.717) is 28.9 Å². The second-order valence-electron chi connectivity index (χ2n) is 9.74. The van der Waals surface area contributed by atoms with E-state index in [1.54, 1.807) is 31.2 Å². The van der Waals surface area contributed by atoms with E-state index in [1.807, 2.05) is 38.1 Å². The van der Waals surface area contributed by atoms with Gasteiger partial charge in [-0.1, -0.05) is 62.7 Å². The number of anilines is 2. The molecule has 0 saturated carbocycles. The number of carbonyl (C=O) groups is 3. The molecule has 0 bridgehead atoms. The molecule has 192 valence electrons. The smallest absolute Gasteiger partial charge is 0.256 e. The Hall–Kier alpha value is -4.00. The number of nitrogen functional groups attached to an aromatic ring is 1. The van der Waals surface area contributed by atoms with E-state index in [1.165, 1.54) is 23.1 Å². The zero-order valence-corrected chi connectivity index (χ0v) is 21.3. The normalized spacial score (nSPS) is 16.3. The van der Waals surface area contributed by atoms with Crippen LogP contribution in [0.15, 0.2) is 66.7 Å². The number of rotatable bonds is 7. The van der Waals surface area contributed by atoms with Gasteiger partial charge in [0.15, 0.2) is 0 Å². The summed E-state index contributed by atoms with van der Waals surface area (Å²) in [6, 6.07) is 17.5. The molecule has 0 saturated heterocycles. The third-order valence-corrected chi connectivity index (χ3v) is 7.05. The van der Waals surface area contributed by atoms with E-state index in [-0.39, 0.29) is 18.2 Å². The summed E-state index contributed by atoms with van der Waals surface area (Å²) in [5, 5.41) is 2.83. The van der Waals surface area contributed by atoms with Crippen LogP contribution in [0.1, 0.15) is 50.7 Å². The molecule has 2 unspecified atom stereocenters. The Labute approximate surface area is 216 Å². The van der Waals surface area contributed by atoms with Crippen LogP contribution in [-0.2, 0) is 20.8 Å². The van der Waals surface area contributed by atoms with Gasteiger partial charge in [-0.05, 0) is 60.2 Å². The summed E-state index contributed by atoms with van der Waals surface area (Å²) in [6.07, 6.45) is 1.07. The topological polar surface area (TPSA) is 92.5 Å². The first-order valence-corrected chi connectivity index (χ1v) is 12.6. The van der Waals surface area contributed by atoms with E-state index >= 15 is 0 Å². The highest BCUT2D eigenvalue weighted by Gasteiger charge is 2.39. The number of halogens is 1. The van der Waals surface area contributed by atoms with Crippen LogP contribution in [0.5, 0.6) is 0 Å². The predicted octanol–water partition coefficient (Wildman–Crippen LogP) is 5.22. The Morgan fingerprint density at radius 1 is 1.08 bits per heavy atom. The maximum absolute atomic E-state index is 14.1. The van der Waals surface area contributed by atoms with Crippen molar-refractivity contribution in [3.63, 3.8) is 0 Å². The molecule has 1 aliphatic heterocycles. The van der Waals surface area contributed by atoms with Crippen molar-refractivity contribution in [3.8, 4) is 11.1 Å². The van der Waals surface area contributed by atoms with Crippen LogP contribution in [0.3, 0.4) is 0 Å². The highest BCUT2D eigenvalue weighted by Crippen LogP contribution is 2.44. The monoisotopic (exact) mass is 501 g/mol. The van der Waals surface area contributed by atoms with E-state index < -0.39 is 29.6 Å². The van der Waals surface area contributed by atoms with Crippen molar-refractivity contribution in [2.45, 2.75) is 52.0 Å². The second kappa shape index (κ2) is 10.9. The standard InChI is InChI=1S/C30H32FN3O3/c1-4-18(2)15-25(33-27(35)17-20-9-7-10-21(31)16-20)30(37)34-26-14-8-13-24(32)28(26)23-12-6-5-11-22(23)19(3)29(34)36/h5-14,16,18-19,25H,4,15,17,32H2,1-3H3,(H,33,35)/t18?,19?,25-/m0/s1. The molecule has 3 aromatic carbocycles. The van der Waals surface area contributed by atoms with Crippen LogP contribution in [0.4, 0.5) is 15.8 Å². The van der Waals surface area contributed by atoms with Gasteiger partial charge in [0.2, 0.25) is 11.8 Å². The van der Waals surface area contributed by atoms with Crippen molar-refractivity contribution >= 4 is 29.1 Å². The Kier molecular flexibility index (Phi) is 7.71. The third kappa shape index (κ3) is 5.40. The fraction of sp³-hybridized carbons (Fsp3) is 0.300. The van der Waals surface area contributed by atoms with Crippen molar-refractivity contribution in [1.82, 2.24) is 5.32 Å². The van der Waals surface area contributed by atoms with Crippen molar-refractivity contribution in [3.05, 3.63) is 83.7 Å². The van der Waals surface area contributed by atoms with Gasteiger partial charge in [-0.15, -0.1) is 0 Å². The molecular weight excluding hydrogens is 469 g/mol. The van der Waals surface area contributed by atoms with Crippen molar-refractivity contribution < 1.29 is 18.8 Å². The van der Waals surface area contributed by atoms with E-state index in [2.05, 4.69) is 5.32 Å². The number of nitrogens with one attached hydrogen (secondary N) is 1. The van der Waals surface area contributed by atoms with Gasteiger partial charge < -0.3 is 11.1 Å². The predicted molar refractivity (Wildman–Crippen MR) is 143 cm³/mol. The molecule has 1 aliphatic rings. The highest BCUT2D eigenvalue weighted by molar-refractivity contribution is 6.22. The average molecular weight is 502 g/mol. The number of nitrogens with zero attached hydrogens (tertiary/aromatic N) is 1. The second-order valence-corrected chi connectivity index (χ2v) is 9.74. The fourth-order valence-corrected chi connectivity index (χ4v) is 4.84. The maximum Gasteiger partial charge on any atom is 0.256 e. The van der Waals surface area contributed by atoms with Crippen LogP contribution < -0.4 is 16.0 Å². The number of nitrogens with two attached hydrogens (primary N) is 1. The maximum atomic E-state index is 14.1. The van der Waals surface area contributed by atoms with Gasteiger partial charge >= 0.3 is 0 Å². The number of hydrogen-bond donors (Lipinski definition) is 2. The summed E-state index contributed by atoms with van der Waals surface area (Å²) in [6.45, 7) is 5.77. The zero-order valence-electron chi connectivity index (χ0n) is 21.3. The molecular formula is C30H32FN3O3. The van der Waals surface area contributed by atoms with Crippen LogP contribution in [-0.4, -0.2) is 23.8 Å². The lowest BCUT2D eigenvalue weighted by molar-refractivity contribution is -0.131. The molecule has 0 spiro atoms. The van der Waals surface area contributed by atoms with Crippen LogP contribution in [0, 0.1) is 11.7 Å². The van der Waals surface area contributed by atoms with Gasteiger partial charge in [-0.3, -0.25) is 14.4 Å². The lowest BCUT2D eigenvalue weighted by Crippen LogP contribution is -2.52. The molecule has 37 heavy (non-hydrogen) atoms. The molecule has 3 N–H and O–H groups in total. The highest BCUT2D eigenvalue weighted by atomic mass is 19.1. The van der Waals surface area contributed by atoms with E-state index in [4.69, 9.17) is 5.73 Å². The summed E-state index contributed by atoms with van der Waals surface area (Å²) in [4.78, 5) is 42.1. The Bertz CT molecular complexity index is 1340. The Morgan fingerprint density at radius 2 is 1.81 bits per heavy atom. The van der Waals surface area contributed by atoms with E-state index in [9.17, 15) is 18.8 Å². The number of fused-ring (bicyclic) bond motifs is 3. The average Bonchev–Trinajstić information content (AvgIpc) is 2.96. The van der Waals surface area contributed by atoms with Crippen molar-refractivity contribution in [1.29, 1.82) is 0 Å². The van der Waals surface area contributed by atoms with Crippen molar-refractivity contribution in [2.75, 3.05) is 10.6 Å². The van der Waals surface area contributed by atoms with Gasteiger partial charge in [-0.2, -0.15) is 0 Å². The summed E-state index contributed by atoms with van der Waals surface area (Å²) < 4.78 is 13.6. The van der Waals surface area contributed by atoms with Gasteiger partial charge in [0.25, 0.3) is 5.91 Å². The SMILES string of the molecule is CCC(C)C[C@H](NC(=O)Cc1cccc(F)c1)C(=O)N1C(=O)C(C)c2ccccc2-c2c(N)cccc21. The summed E-state index contributed by atoms with van der Waals surface area (Å²) in [5.74, 6) is -2.23. The summed E-state index contributed by atoms with van der Waals surface area (Å²) in [5.41, 5.74) is 9.96. The molecule has 6 nitrogen and oxygen atoms in total. The molecule has 3 amide bonds. The van der Waals surface area contributed by atoms with Gasteiger partial charge in [0.1, 0.15) is 11.9 Å². The molecule has 0 radical (unpaired) electrons. The first-order valence-electron chi connectivity index (χ1n) is 12.6. The first-order chi connectivity index (χ1) is 17.7. The molecule has 0 aliphatic carbocycles. The van der Waals surface area contributed by atoms with Crippen LogP contribution in [0.25, 0.3) is 11.1 Å². The van der Waals surface area contributed by atoms with Crippen LogP contribution >= 0.6 is 0 Å². The minimum Gasteiger partial charge on any atom is -0.398 e. The van der Waals surface area contributed by atoms with Crippen LogP contribution in [0.2, 0.25) is 0 Å². The minimum absolute atomic E-state index is 0.0820. The molecule has 0 fully saturated rings. The third-order valence-electron chi connectivity index (χ3n) is 7.05. The fourth-order valence-electron chi connectivity index (χ4n) is 4.84. The summed E-state index contributed by atoms with van der Waals surface area (Å²) in [7, 11) is 0. The molecule has 4 rings (SSSR count). The number of benzene rings is 3. The number of imide groups is 1. The van der Waals surface area contributed by atoms with Gasteiger partial charge in [0, 0.05) is 11.3 Å². The summed E-state index contributed by atoms with van der Waals surface area (Å²) >= 11 is 0. The molecule has 1 heterocycles. The molecule has 7 heteroatoms. The lowest BCUT2D eigenvalue weighted by Gasteiger charge is -2.29. The Balaban J connectivity index is 1.73. The van der Waals surface area contributed by atoms with E-state index in [0.717, 1.165) is 17.5 Å². The largest absolute Gasteiger partial charge is 0.398 e. The molecule has 3 atom stereocenters. The Morgan fingerprint density at radius 3 is 2.54 bits per heavy atom.